The number of benzene rings is 4. The Balaban J connectivity index is 1.73. The number of furan rings is 2. The predicted molar refractivity (Wildman–Crippen MR) is 159 cm³/mol. The van der Waals surface area contributed by atoms with Gasteiger partial charge in [0.1, 0.15) is 11.2 Å². The Bertz CT molecular complexity index is 2280. The Morgan fingerprint density at radius 2 is 1.16 bits per heavy atom. The van der Waals surface area contributed by atoms with E-state index in [1.807, 2.05) is 18.2 Å². The van der Waals surface area contributed by atoms with Gasteiger partial charge in [0.15, 0.2) is 11.2 Å². The van der Waals surface area contributed by atoms with Crippen LogP contribution in [0.4, 0.5) is 0 Å². The van der Waals surface area contributed by atoms with Crippen LogP contribution in [0.25, 0.3) is 71.1 Å². The van der Waals surface area contributed by atoms with Crippen molar-refractivity contribution in [3.8, 4) is 0 Å². The van der Waals surface area contributed by atoms with Crippen molar-refractivity contribution in [3.63, 3.8) is 0 Å². The summed E-state index contributed by atoms with van der Waals surface area (Å²) in [6.45, 7) is 9.00. The van der Waals surface area contributed by atoms with Gasteiger partial charge in [-0.25, -0.2) is 0 Å². The van der Waals surface area contributed by atoms with Gasteiger partial charge < -0.3 is 13.2 Å². The predicted octanol–water partition coefficient (Wildman–Crippen LogP) is 10.2. The second kappa shape index (κ2) is 7.29. The topological polar surface area (TPSA) is 30.7 Å². The van der Waals surface area contributed by atoms with Crippen LogP contribution in [-0.2, 0) is 5.41 Å². The van der Waals surface area contributed by atoms with E-state index in [0.717, 1.165) is 55.1 Å². The van der Waals surface area contributed by atoms with Gasteiger partial charge in [-0.15, -0.1) is 0 Å². The van der Waals surface area contributed by atoms with Crippen molar-refractivity contribution in [2.75, 3.05) is 0 Å². The van der Waals surface area contributed by atoms with E-state index in [1.165, 1.54) is 27.2 Å². The Morgan fingerprint density at radius 3 is 1.87 bits per heavy atom. The molecule has 0 N–H and O–H groups in total. The molecule has 8 aromatic rings. The number of hydrogen-bond acceptors (Lipinski definition) is 2. The lowest BCUT2D eigenvalue weighted by Crippen LogP contribution is -2.10. The lowest BCUT2D eigenvalue weighted by atomic mass is 9.85. The molecule has 8 rings (SSSR count). The van der Waals surface area contributed by atoms with Gasteiger partial charge in [0.2, 0.25) is 0 Å². The molecule has 0 atom stereocenters. The number of aryl methyl sites for hydroxylation is 1. The summed E-state index contributed by atoms with van der Waals surface area (Å²) in [6.07, 6.45) is 0. The van der Waals surface area contributed by atoms with Crippen molar-refractivity contribution in [2.24, 2.45) is 0 Å². The molecule has 0 spiro atoms. The van der Waals surface area contributed by atoms with Crippen LogP contribution in [0.5, 0.6) is 0 Å². The van der Waals surface area contributed by atoms with E-state index >= 15 is 0 Å². The summed E-state index contributed by atoms with van der Waals surface area (Å²) in [5.74, 6) is 0. The zero-order valence-corrected chi connectivity index (χ0v) is 21.9. The number of aromatic nitrogens is 1. The minimum Gasteiger partial charge on any atom is -0.454 e. The third kappa shape index (κ3) is 2.79. The molecular formula is C35H27NO2. The number of fused-ring (bicyclic) bond motifs is 10. The highest BCUT2D eigenvalue weighted by Gasteiger charge is 2.22. The molecule has 4 heterocycles. The quantitative estimate of drug-likeness (QED) is 0.210. The molecule has 0 aliphatic rings. The fourth-order valence-corrected chi connectivity index (χ4v) is 6.18. The van der Waals surface area contributed by atoms with Crippen LogP contribution in [0.3, 0.4) is 0 Å². The zero-order valence-electron chi connectivity index (χ0n) is 21.9. The van der Waals surface area contributed by atoms with Gasteiger partial charge in [-0.05, 0) is 53.6 Å². The summed E-state index contributed by atoms with van der Waals surface area (Å²) in [4.78, 5) is 0. The molecule has 0 fully saturated rings. The monoisotopic (exact) mass is 493 g/mol. The summed E-state index contributed by atoms with van der Waals surface area (Å²) in [7, 11) is 0. The van der Waals surface area contributed by atoms with E-state index < -0.39 is 0 Å². The second-order valence-electron chi connectivity index (χ2n) is 11.4. The molecule has 184 valence electrons. The fraction of sp³-hybridized carbons (Fsp3) is 0.143. The molecule has 0 radical (unpaired) electrons. The Morgan fingerprint density at radius 1 is 0.553 bits per heavy atom. The normalized spacial score (nSPS) is 12.7. The summed E-state index contributed by atoms with van der Waals surface area (Å²) in [5.41, 5.74) is 8.23. The molecule has 4 aromatic carbocycles. The minimum atomic E-state index is 0.0133. The lowest BCUT2D eigenvalue weighted by Gasteiger charge is -2.19. The highest BCUT2D eigenvalue weighted by atomic mass is 16.3. The van der Waals surface area contributed by atoms with E-state index in [-0.39, 0.29) is 5.41 Å². The maximum absolute atomic E-state index is 6.61. The molecule has 0 aliphatic carbocycles. The molecule has 38 heavy (non-hydrogen) atoms. The zero-order chi connectivity index (χ0) is 25.8. The van der Waals surface area contributed by atoms with Crippen LogP contribution >= 0.6 is 0 Å². The molecule has 0 bridgehead atoms. The Labute approximate surface area is 219 Å². The van der Waals surface area contributed by atoms with Crippen molar-refractivity contribution >= 4 is 71.1 Å². The van der Waals surface area contributed by atoms with E-state index in [2.05, 4.69) is 105 Å². The van der Waals surface area contributed by atoms with E-state index in [0.29, 0.717) is 0 Å². The second-order valence-corrected chi connectivity index (χ2v) is 11.4. The first-order valence-electron chi connectivity index (χ1n) is 13.2. The number of hydrogen-bond donors (Lipinski definition) is 0. The molecule has 0 amide bonds. The highest BCUT2D eigenvalue weighted by molar-refractivity contribution is 6.23. The van der Waals surface area contributed by atoms with E-state index in [4.69, 9.17) is 8.83 Å². The molecule has 0 saturated carbocycles. The summed E-state index contributed by atoms with van der Waals surface area (Å²) in [6, 6.07) is 32.4. The molecule has 4 aromatic heterocycles. The van der Waals surface area contributed by atoms with Crippen molar-refractivity contribution in [1.29, 1.82) is 0 Å². The van der Waals surface area contributed by atoms with Crippen LogP contribution in [0.1, 0.15) is 32.0 Å². The average molecular weight is 494 g/mol. The fourth-order valence-electron chi connectivity index (χ4n) is 6.18. The minimum absolute atomic E-state index is 0.0133. The third-order valence-electron chi connectivity index (χ3n) is 8.10. The van der Waals surface area contributed by atoms with Crippen molar-refractivity contribution in [3.05, 3.63) is 102 Å². The standard InChI is InChI=1S/C35H27NO2/c1-20-33-26(23-11-5-7-14-29(23)37-33)13-9-10-21-18-22(35(2,3)4)19-28-25-16-17-27-24-12-6-8-15-30(24)38-34(27)32(25)36(20)31(21)28/h5-19H,1-4H3. The van der Waals surface area contributed by atoms with Gasteiger partial charge in [-0.2, -0.15) is 0 Å². The lowest BCUT2D eigenvalue weighted by molar-refractivity contribution is 0.591. The molecule has 0 aliphatic heterocycles. The summed E-state index contributed by atoms with van der Waals surface area (Å²) < 4.78 is 15.5. The molecule has 3 nitrogen and oxygen atoms in total. The third-order valence-corrected chi connectivity index (χ3v) is 8.10. The number of para-hydroxylation sites is 2. The highest BCUT2D eigenvalue weighted by Crippen LogP contribution is 2.42. The number of rotatable bonds is 0. The van der Waals surface area contributed by atoms with E-state index in [1.54, 1.807) is 0 Å². The van der Waals surface area contributed by atoms with Gasteiger partial charge in [0.25, 0.3) is 0 Å². The van der Waals surface area contributed by atoms with Crippen LogP contribution in [-0.4, -0.2) is 4.40 Å². The van der Waals surface area contributed by atoms with Crippen molar-refractivity contribution in [1.82, 2.24) is 4.40 Å². The van der Waals surface area contributed by atoms with Crippen molar-refractivity contribution < 1.29 is 8.83 Å². The van der Waals surface area contributed by atoms with Crippen LogP contribution in [0.2, 0.25) is 0 Å². The smallest absolute Gasteiger partial charge is 0.160 e. The van der Waals surface area contributed by atoms with Gasteiger partial charge in [-0.1, -0.05) is 81.4 Å². The Hall–Kier alpha value is -4.50. The van der Waals surface area contributed by atoms with Gasteiger partial charge in [-0.3, -0.25) is 0 Å². The average Bonchev–Trinajstić information content (AvgIpc) is 3.57. The first kappa shape index (κ1) is 21.6. The first-order valence-corrected chi connectivity index (χ1v) is 13.2. The summed E-state index contributed by atoms with van der Waals surface area (Å²) in [5, 5.41) is 8.10. The van der Waals surface area contributed by atoms with Gasteiger partial charge >= 0.3 is 0 Å². The molecule has 0 unspecified atom stereocenters. The summed E-state index contributed by atoms with van der Waals surface area (Å²) >= 11 is 0. The largest absolute Gasteiger partial charge is 0.454 e. The number of nitrogens with zero attached hydrogens (tertiary/aromatic N) is 1. The van der Waals surface area contributed by atoms with Gasteiger partial charge in [0, 0.05) is 32.3 Å². The SMILES string of the molecule is Cc1c2oc3ccccc3c2cccc2cc(C(C)(C)C)cc3c4ccc5c6ccccc6oc5c4n1c23. The molecular weight excluding hydrogens is 466 g/mol. The van der Waals surface area contributed by atoms with Crippen LogP contribution in [0.15, 0.2) is 99.8 Å². The maximum atomic E-state index is 6.61. The molecule has 0 saturated heterocycles. The van der Waals surface area contributed by atoms with Crippen molar-refractivity contribution in [2.45, 2.75) is 33.1 Å². The van der Waals surface area contributed by atoms with E-state index in [9.17, 15) is 0 Å². The first-order chi connectivity index (χ1) is 18.4. The van der Waals surface area contributed by atoms with Gasteiger partial charge in [0.05, 0.1) is 16.7 Å². The van der Waals surface area contributed by atoms with Crippen LogP contribution in [0, 0.1) is 6.92 Å². The Kier molecular flexibility index (Phi) is 4.14. The molecule has 3 heteroatoms. The maximum Gasteiger partial charge on any atom is 0.160 e. The van der Waals surface area contributed by atoms with Crippen LogP contribution < -0.4 is 0 Å².